The maximum Gasteiger partial charge on any atom is 0.265 e. The van der Waals surface area contributed by atoms with Crippen LogP contribution < -0.4 is 14.2 Å². The van der Waals surface area contributed by atoms with Crippen molar-refractivity contribution >= 4 is 44.6 Å². The van der Waals surface area contributed by atoms with Crippen LogP contribution in [-0.2, 0) is 16.4 Å². The second-order valence-electron chi connectivity index (χ2n) is 5.27. The number of halogens is 1. The van der Waals surface area contributed by atoms with Gasteiger partial charge in [-0.25, -0.2) is 13.1 Å². The van der Waals surface area contributed by atoms with E-state index in [0.717, 1.165) is 11.4 Å². The first-order valence-corrected chi connectivity index (χ1v) is 10.1. The van der Waals surface area contributed by atoms with E-state index in [1.165, 1.54) is 0 Å². The quantitative estimate of drug-likeness (QED) is 0.547. The summed E-state index contributed by atoms with van der Waals surface area (Å²) in [5.41, 5.74) is -3.07. The summed E-state index contributed by atoms with van der Waals surface area (Å²) in [7, 11) is -5.14. The Morgan fingerprint density at radius 2 is 2.28 bits per heavy atom. The number of Topliss-reactive ketones (excluding diaryl/α,β-unsaturated/α-hetero) is 1. The van der Waals surface area contributed by atoms with Crippen molar-refractivity contribution in [3.63, 3.8) is 0 Å². The second-order valence-corrected chi connectivity index (χ2v) is 8.14. The van der Waals surface area contributed by atoms with Crippen LogP contribution in [-0.4, -0.2) is 26.1 Å². The van der Waals surface area contributed by atoms with E-state index in [0.29, 0.717) is 11.3 Å². The predicted octanol–water partition coefficient (Wildman–Crippen LogP) is 3.96. The Morgan fingerprint density at radius 1 is 1.48 bits per heavy atom. The molecule has 1 unspecified atom stereocenters. The van der Waals surface area contributed by atoms with Crippen LogP contribution >= 0.6 is 22.9 Å². The van der Waals surface area contributed by atoms with Crippen LogP contribution in [0.25, 0.3) is 0 Å². The first-order chi connectivity index (χ1) is 18.6. The van der Waals surface area contributed by atoms with Gasteiger partial charge >= 0.3 is 0 Å². The van der Waals surface area contributed by atoms with Crippen LogP contribution in [0, 0.1) is 13.7 Å². The van der Waals surface area contributed by atoms with Gasteiger partial charge in [0.05, 0.1) is 7.62 Å². The number of rotatable bonds is 6. The van der Waals surface area contributed by atoms with Gasteiger partial charge in [-0.2, -0.15) is 0 Å². The van der Waals surface area contributed by atoms with E-state index in [1.54, 1.807) is 0 Å². The van der Waals surface area contributed by atoms with E-state index in [9.17, 15) is 13.2 Å². The summed E-state index contributed by atoms with van der Waals surface area (Å²) in [5, 5.41) is 3.39. The molecule has 0 fully saturated rings. The summed E-state index contributed by atoms with van der Waals surface area (Å²) in [6, 6.07) is -1.14. The Morgan fingerprint density at radius 3 is 3.00 bits per heavy atom. The number of sulfonamides is 1. The Balaban J connectivity index is 1.85. The molecule has 0 aliphatic carbocycles. The van der Waals surface area contributed by atoms with Crippen molar-refractivity contribution in [2.45, 2.75) is 25.0 Å². The Labute approximate surface area is 192 Å². The maximum absolute atomic E-state index is 13.6. The number of hydrogen-bond donors (Lipinski definition) is 1. The average molecular weight is 467 g/mol. The predicted molar refractivity (Wildman–Crippen MR) is 107 cm³/mol. The zero-order chi connectivity index (χ0) is 31.0. The highest BCUT2D eigenvalue weighted by molar-refractivity contribution is 7.93. The lowest BCUT2D eigenvalue weighted by Gasteiger charge is -2.09. The van der Waals surface area contributed by atoms with Crippen LogP contribution in [0.1, 0.15) is 41.6 Å². The molecule has 0 amide bonds. The van der Waals surface area contributed by atoms with Crippen LogP contribution in [0.15, 0.2) is 32.9 Å². The topological polar surface area (TPSA) is 108 Å². The Bertz CT molecular complexity index is 1670. The lowest BCUT2D eigenvalue weighted by Crippen LogP contribution is -2.16. The number of hydrogen-bond acceptors (Lipinski definition) is 8. The summed E-state index contributed by atoms with van der Waals surface area (Å²) in [4.78, 5) is 11.8. The molecule has 1 aliphatic rings. The Kier molecular flexibility index (Phi) is 2.53. The lowest BCUT2D eigenvalue weighted by atomic mass is 10.0. The average Bonchev–Trinajstić information content (AvgIpc) is 3.57. The van der Waals surface area contributed by atoms with Gasteiger partial charge in [0.15, 0.2) is 18.7 Å². The molecule has 0 saturated heterocycles. The molecule has 1 aliphatic heterocycles. The van der Waals surface area contributed by atoms with Crippen LogP contribution in [0.4, 0.5) is 5.88 Å². The number of thiophene rings is 1. The van der Waals surface area contributed by atoms with E-state index >= 15 is 0 Å². The number of benzene rings is 1. The molecular weight excluding hydrogens is 440 g/mol. The lowest BCUT2D eigenvalue weighted by molar-refractivity contribution is 0.0994. The number of nitrogens with one attached hydrogen (secondary N) is 1. The molecule has 29 heavy (non-hydrogen) atoms. The van der Waals surface area contributed by atoms with Crippen molar-refractivity contribution in [3.8, 4) is 11.5 Å². The molecule has 1 N–H and O–H groups in total. The minimum Gasteiger partial charge on any atom is -0.454 e. The number of ketones is 1. The zero-order valence-electron chi connectivity index (χ0n) is 25.8. The highest BCUT2D eigenvalue weighted by atomic mass is 35.5. The van der Waals surface area contributed by atoms with Crippen molar-refractivity contribution in [1.82, 2.24) is 5.16 Å². The van der Waals surface area contributed by atoms with E-state index in [-0.39, 0.29) is 4.72 Å². The third-order valence-electron chi connectivity index (χ3n) is 3.44. The number of aryl methyl sites for hydroxylation is 1. The first-order valence-electron chi connectivity index (χ1n) is 13.4. The van der Waals surface area contributed by atoms with Crippen molar-refractivity contribution in [2.24, 2.45) is 0 Å². The Hall–Kier alpha value is -2.56. The van der Waals surface area contributed by atoms with Crippen molar-refractivity contribution in [3.05, 3.63) is 50.3 Å². The summed E-state index contributed by atoms with van der Waals surface area (Å²) in [5.74, 6) is -3.97. The molecule has 1 aromatic carbocycles. The molecule has 0 radical (unpaired) electrons. The first kappa shape index (κ1) is 9.96. The van der Waals surface area contributed by atoms with Crippen molar-refractivity contribution in [2.75, 3.05) is 11.5 Å². The van der Waals surface area contributed by atoms with Gasteiger partial charge in [0, 0.05) is 17.3 Å². The number of anilines is 1. The van der Waals surface area contributed by atoms with Gasteiger partial charge in [-0.3, -0.25) is 4.79 Å². The van der Waals surface area contributed by atoms with E-state index < -0.39 is 104 Å². The molecule has 8 nitrogen and oxygen atoms in total. The monoisotopic (exact) mass is 466 g/mol. The van der Waals surface area contributed by atoms with Gasteiger partial charge in [0.1, 0.15) is 17.0 Å². The third-order valence-corrected chi connectivity index (χ3v) is 6.12. The van der Waals surface area contributed by atoms with Crippen molar-refractivity contribution < 1.29 is 43.7 Å². The summed E-state index contributed by atoms with van der Waals surface area (Å²) in [6.45, 7) is -8.01. The van der Waals surface area contributed by atoms with E-state index in [4.69, 9.17) is 37.6 Å². The number of aromatic nitrogens is 1. The highest BCUT2D eigenvalue weighted by Gasteiger charge is 2.27. The molecule has 3 aromatic rings. The van der Waals surface area contributed by atoms with Gasteiger partial charge in [0.25, 0.3) is 15.9 Å². The fourth-order valence-corrected chi connectivity index (χ4v) is 4.57. The van der Waals surface area contributed by atoms with Gasteiger partial charge < -0.3 is 14.0 Å². The smallest absolute Gasteiger partial charge is 0.265 e. The standard InChI is InChI=1S/C18H15ClN2O6S2/c1-9-5-13-14(26-8-25-13)7-11(9)6-12(22)17-15(3-4-28-17)29(23,24)21-18-16(19)10(2)20-27-18/h3-5,7,21H,6,8H2,1-2H3/i1D3,2D3,5D,6D2,7D,8D/hD. The molecule has 0 bridgehead atoms. The SMILES string of the molecule is [2H]c1c2c(c([2H])c(C([2H])([2H])C(=O)c3sccc3S(=O)(=O)N([2H])c3onc(C([2H])([2H])[2H])c3Cl)c1C([2H])([2H])[2H])OC([2H])O2. The van der Waals surface area contributed by atoms with Crippen LogP contribution in [0.5, 0.6) is 11.5 Å². The molecule has 0 spiro atoms. The number of carbonyl (C=O) groups excluding carboxylic acids is 1. The minimum atomic E-state index is -5.14. The van der Waals surface area contributed by atoms with Gasteiger partial charge in [-0.05, 0) is 48.4 Å². The van der Waals surface area contributed by atoms with Gasteiger partial charge in [0.2, 0.25) is 6.77 Å². The molecule has 1 atom stereocenters. The summed E-state index contributed by atoms with van der Waals surface area (Å²) >= 11 is 6.28. The molecule has 0 saturated carbocycles. The van der Waals surface area contributed by atoms with Crippen molar-refractivity contribution in [1.29, 1.82) is 0 Å². The molecule has 4 rings (SSSR count). The number of nitrogens with zero attached hydrogens (tertiary/aromatic N) is 1. The van der Waals surface area contributed by atoms with Crippen LogP contribution in [0.3, 0.4) is 0 Å². The molecule has 2 aromatic heterocycles. The molecular formula is C18H15ClN2O6S2. The molecule has 11 heteroatoms. The maximum atomic E-state index is 13.6. The van der Waals surface area contributed by atoms with E-state index in [1.807, 2.05) is 0 Å². The van der Waals surface area contributed by atoms with Crippen LogP contribution in [0.2, 0.25) is 6.43 Å². The molecule has 3 heterocycles. The summed E-state index contributed by atoms with van der Waals surface area (Å²) < 4.78 is 136. The number of carbonyl (C=O) groups is 1. The fourth-order valence-electron chi connectivity index (χ4n) is 2.17. The number of ether oxygens (including phenoxy) is 2. The molecule has 152 valence electrons. The normalized spacial score (nSPS) is 22.9. The van der Waals surface area contributed by atoms with E-state index in [2.05, 4.69) is 9.68 Å². The van der Waals surface area contributed by atoms with Gasteiger partial charge in [-0.15, -0.1) is 11.3 Å². The highest BCUT2D eigenvalue weighted by Crippen LogP contribution is 2.36. The van der Waals surface area contributed by atoms with Gasteiger partial charge in [-0.1, -0.05) is 16.8 Å². The largest absolute Gasteiger partial charge is 0.454 e. The minimum absolute atomic E-state index is 0.355. The summed E-state index contributed by atoms with van der Waals surface area (Å²) in [6.07, 6.45) is -3.48. The third kappa shape index (κ3) is 3.70. The second kappa shape index (κ2) is 7.36. The fraction of sp³-hybridized carbons (Fsp3) is 0.222. The number of fused-ring (bicyclic) bond motifs is 1. The zero-order valence-corrected chi connectivity index (χ0v) is 16.2.